The molecule has 29 heavy (non-hydrogen) atoms. The number of aryl methyl sites for hydroxylation is 3. The van der Waals surface area contributed by atoms with Crippen LogP contribution in [0.4, 0.5) is 0 Å². The second-order valence-corrected chi connectivity index (χ2v) is 8.06. The molecule has 0 aliphatic heterocycles. The molecule has 3 rings (SSSR count). The molecule has 1 N–H and O–H groups in total. The van der Waals surface area contributed by atoms with Gasteiger partial charge >= 0.3 is 0 Å². The first-order chi connectivity index (χ1) is 13.8. The van der Waals surface area contributed by atoms with Crippen LogP contribution in [-0.2, 0) is 11.3 Å². The maximum Gasteiger partial charge on any atom is 0.262 e. The van der Waals surface area contributed by atoms with Gasteiger partial charge in [0.05, 0.1) is 32.0 Å². The molecule has 0 aliphatic carbocycles. The number of rotatable bonds is 7. The van der Waals surface area contributed by atoms with Crippen LogP contribution >= 0.6 is 11.3 Å². The number of ether oxygens (including phenoxy) is 2. The van der Waals surface area contributed by atoms with E-state index < -0.39 is 0 Å². The highest BCUT2D eigenvalue weighted by atomic mass is 32.1. The van der Waals surface area contributed by atoms with Gasteiger partial charge in [0, 0.05) is 17.8 Å². The molecule has 1 atom stereocenters. The number of thiophene rings is 1. The zero-order valence-electron chi connectivity index (χ0n) is 17.2. The summed E-state index contributed by atoms with van der Waals surface area (Å²) in [6, 6.07) is 5.33. The molecule has 3 aromatic rings. The van der Waals surface area contributed by atoms with Gasteiger partial charge in [-0.05, 0) is 44.0 Å². The van der Waals surface area contributed by atoms with Crippen LogP contribution in [0.5, 0.6) is 11.5 Å². The molecule has 0 radical (unpaired) electrons. The van der Waals surface area contributed by atoms with Gasteiger partial charge in [0.25, 0.3) is 5.56 Å². The lowest BCUT2D eigenvalue weighted by Gasteiger charge is -2.16. The Labute approximate surface area is 173 Å². The Hall–Kier alpha value is -2.87. The Morgan fingerprint density at radius 1 is 1.24 bits per heavy atom. The van der Waals surface area contributed by atoms with Crippen LogP contribution in [-0.4, -0.2) is 29.7 Å². The number of benzene rings is 1. The third-order valence-electron chi connectivity index (χ3n) is 5.02. The maximum atomic E-state index is 12.7. The molecule has 1 amide bonds. The quantitative estimate of drug-likeness (QED) is 0.640. The predicted molar refractivity (Wildman–Crippen MR) is 114 cm³/mol. The SMILES string of the molecule is COc1ccc(C(C)NC(=O)CCn2cnc3sc(C)c(C)c3c2=O)cc1OC. The van der Waals surface area contributed by atoms with Crippen molar-refractivity contribution >= 4 is 27.5 Å². The van der Waals surface area contributed by atoms with Crippen molar-refractivity contribution in [2.75, 3.05) is 14.2 Å². The first-order valence-corrected chi connectivity index (χ1v) is 10.1. The number of nitrogens with zero attached hydrogens (tertiary/aromatic N) is 2. The highest BCUT2D eigenvalue weighted by Crippen LogP contribution is 2.30. The number of amides is 1. The molecule has 154 valence electrons. The smallest absolute Gasteiger partial charge is 0.262 e. The molecule has 0 saturated heterocycles. The fourth-order valence-corrected chi connectivity index (χ4v) is 4.16. The normalized spacial score (nSPS) is 12.0. The summed E-state index contributed by atoms with van der Waals surface area (Å²) in [7, 11) is 3.15. The standard InChI is InChI=1S/C21H25N3O4S/c1-12-14(3)29-20-19(12)21(26)24(11-22-20)9-8-18(25)23-13(2)15-6-7-16(27-4)17(10-15)28-5/h6-7,10-11,13H,8-9H2,1-5H3,(H,23,25). The lowest BCUT2D eigenvalue weighted by Crippen LogP contribution is -2.29. The average Bonchev–Trinajstić information content (AvgIpc) is 3.01. The topological polar surface area (TPSA) is 82.5 Å². The molecule has 8 heteroatoms. The van der Waals surface area contributed by atoms with Crippen molar-refractivity contribution in [3.8, 4) is 11.5 Å². The number of carbonyl (C=O) groups excluding carboxylic acids is 1. The molecule has 0 saturated carbocycles. The van der Waals surface area contributed by atoms with E-state index in [0.717, 1.165) is 20.8 Å². The number of fused-ring (bicyclic) bond motifs is 1. The number of carbonyl (C=O) groups is 1. The Balaban J connectivity index is 1.67. The van der Waals surface area contributed by atoms with E-state index in [0.29, 0.717) is 16.9 Å². The van der Waals surface area contributed by atoms with E-state index in [1.807, 2.05) is 39.0 Å². The third-order valence-corrected chi connectivity index (χ3v) is 6.14. The molecular formula is C21H25N3O4S. The highest BCUT2D eigenvalue weighted by Gasteiger charge is 2.15. The molecule has 0 aliphatic rings. The van der Waals surface area contributed by atoms with Gasteiger partial charge in [-0.2, -0.15) is 0 Å². The van der Waals surface area contributed by atoms with Gasteiger partial charge in [-0.25, -0.2) is 4.98 Å². The van der Waals surface area contributed by atoms with E-state index in [9.17, 15) is 9.59 Å². The van der Waals surface area contributed by atoms with Crippen LogP contribution in [0.3, 0.4) is 0 Å². The van der Waals surface area contributed by atoms with Gasteiger partial charge in [0.1, 0.15) is 4.83 Å². The minimum atomic E-state index is -0.207. The van der Waals surface area contributed by atoms with Crippen molar-refractivity contribution in [1.82, 2.24) is 14.9 Å². The Morgan fingerprint density at radius 3 is 2.66 bits per heavy atom. The first-order valence-electron chi connectivity index (χ1n) is 9.32. The summed E-state index contributed by atoms with van der Waals surface area (Å²) in [5, 5.41) is 3.61. The van der Waals surface area contributed by atoms with E-state index in [1.54, 1.807) is 14.2 Å². The third kappa shape index (κ3) is 4.27. The fourth-order valence-electron chi connectivity index (χ4n) is 3.17. The molecule has 2 heterocycles. The van der Waals surface area contributed by atoms with Gasteiger partial charge in [-0.3, -0.25) is 14.2 Å². The van der Waals surface area contributed by atoms with Crippen molar-refractivity contribution in [1.29, 1.82) is 0 Å². The fraction of sp³-hybridized carbons (Fsp3) is 0.381. The monoisotopic (exact) mass is 415 g/mol. The zero-order chi connectivity index (χ0) is 21.1. The van der Waals surface area contributed by atoms with Crippen molar-refractivity contribution < 1.29 is 14.3 Å². The van der Waals surface area contributed by atoms with Crippen LogP contribution < -0.4 is 20.3 Å². The summed E-state index contributed by atoms with van der Waals surface area (Å²) in [6.07, 6.45) is 1.71. The van der Waals surface area contributed by atoms with Crippen molar-refractivity contribution in [2.45, 2.75) is 39.8 Å². The van der Waals surface area contributed by atoms with Gasteiger partial charge in [0.2, 0.25) is 5.91 Å². The van der Waals surface area contributed by atoms with Crippen LogP contribution in [0.15, 0.2) is 29.3 Å². The summed E-state index contributed by atoms with van der Waals surface area (Å²) in [5.41, 5.74) is 1.77. The molecule has 0 spiro atoms. The Bertz CT molecular complexity index is 1100. The molecule has 2 aromatic heterocycles. The number of hydrogen-bond donors (Lipinski definition) is 1. The molecule has 1 unspecified atom stereocenters. The predicted octanol–water partition coefficient (Wildman–Crippen LogP) is 3.36. The Morgan fingerprint density at radius 2 is 1.97 bits per heavy atom. The van der Waals surface area contributed by atoms with E-state index in [4.69, 9.17) is 9.47 Å². The van der Waals surface area contributed by atoms with Gasteiger partial charge in [-0.1, -0.05) is 6.07 Å². The van der Waals surface area contributed by atoms with Crippen LogP contribution in [0.2, 0.25) is 0 Å². The second kappa shape index (κ2) is 8.65. The zero-order valence-corrected chi connectivity index (χ0v) is 18.1. The van der Waals surface area contributed by atoms with Crippen LogP contribution in [0.25, 0.3) is 10.2 Å². The van der Waals surface area contributed by atoms with E-state index >= 15 is 0 Å². The van der Waals surface area contributed by atoms with E-state index in [-0.39, 0.29) is 30.5 Å². The number of aromatic nitrogens is 2. The summed E-state index contributed by atoms with van der Waals surface area (Å²) < 4.78 is 12.1. The van der Waals surface area contributed by atoms with Crippen molar-refractivity contribution in [2.24, 2.45) is 0 Å². The first kappa shape index (κ1) is 20.9. The van der Waals surface area contributed by atoms with Gasteiger partial charge in [0.15, 0.2) is 11.5 Å². The van der Waals surface area contributed by atoms with Crippen LogP contribution in [0.1, 0.15) is 35.4 Å². The van der Waals surface area contributed by atoms with Crippen molar-refractivity contribution in [3.63, 3.8) is 0 Å². The summed E-state index contributed by atoms with van der Waals surface area (Å²) in [5.74, 6) is 1.10. The van der Waals surface area contributed by atoms with Crippen molar-refractivity contribution in [3.05, 3.63) is 50.9 Å². The largest absolute Gasteiger partial charge is 0.493 e. The second-order valence-electron chi connectivity index (χ2n) is 6.86. The van der Waals surface area contributed by atoms with Gasteiger partial charge < -0.3 is 14.8 Å². The molecule has 7 nitrogen and oxygen atoms in total. The minimum Gasteiger partial charge on any atom is -0.493 e. The minimum absolute atomic E-state index is 0.0995. The average molecular weight is 416 g/mol. The number of hydrogen-bond acceptors (Lipinski definition) is 6. The highest BCUT2D eigenvalue weighted by molar-refractivity contribution is 7.18. The van der Waals surface area contributed by atoms with E-state index in [1.165, 1.54) is 22.2 Å². The van der Waals surface area contributed by atoms with Crippen LogP contribution in [0, 0.1) is 13.8 Å². The summed E-state index contributed by atoms with van der Waals surface area (Å²) in [4.78, 5) is 31.3. The van der Waals surface area contributed by atoms with E-state index in [2.05, 4.69) is 10.3 Å². The Kier molecular flexibility index (Phi) is 6.22. The summed E-state index contributed by atoms with van der Waals surface area (Å²) >= 11 is 1.51. The summed E-state index contributed by atoms with van der Waals surface area (Å²) in [6.45, 7) is 6.09. The van der Waals surface area contributed by atoms with Gasteiger partial charge in [-0.15, -0.1) is 11.3 Å². The molecule has 0 fully saturated rings. The lowest BCUT2D eigenvalue weighted by atomic mass is 10.1. The number of methoxy groups -OCH3 is 2. The molecular weight excluding hydrogens is 390 g/mol. The lowest BCUT2D eigenvalue weighted by molar-refractivity contribution is -0.121. The number of nitrogens with one attached hydrogen (secondary N) is 1. The molecule has 0 bridgehead atoms. The maximum absolute atomic E-state index is 12.7. The molecule has 1 aromatic carbocycles.